The van der Waals surface area contributed by atoms with Crippen LogP contribution < -0.4 is 5.73 Å². The van der Waals surface area contributed by atoms with Gasteiger partial charge in [0.2, 0.25) is 0 Å². The first-order valence-corrected chi connectivity index (χ1v) is 5.08. The average molecular weight is 223 g/mol. The van der Waals surface area contributed by atoms with Crippen molar-refractivity contribution in [3.05, 3.63) is 35.4 Å². The van der Waals surface area contributed by atoms with Gasteiger partial charge in [-0.05, 0) is 17.7 Å². The molecule has 0 fully saturated rings. The summed E-state index contributed by atoms with van der Waals surface area (Å²) in [5, 5.41) is 17.9. The van der Waals surface area contributed by atoms with E-state index in [4.69, 9.17) is 10.8 Å². The summed E-state index contributed by atoms with van der Waals surface area (Å²) in [7, 11) is 0. The van der Waals surface area contributed by atoms with Gasteiger partial charge in [-0.3, -0.25) is 0 Å². The van der Waals surface area contributed by atoms with Gasteiger partial charge in [0.05, 0.1) is 5.56 Å². The maximum absolute atomic E-state index is 10.7. The van der Waals surface area contributed by atoms with Crippen molar-refractivity contribution < 1.29 is 15.0 Å². The predicted molar refractivity (Wildman–Crippen MR) is 61.2 cm³/mol. The predicted octanol–water partition coefficient (Wildman–Crippen LogP) is 1.40. The minimum absolute atomic E-state index is 0.0190. The summed E-state index contributed by atoms with van der Waals surface area (Å²) in [6, 6.07) is 6.09. The number of aliphatic hydroxyl groups excluding tert-OH is 1. The molecule has 0 radical (unpaired) electrons. The fourth-order valence-corrected chi connectivity index (χ4v) is 1.38. The van der Waals surface area contributed by atoms with Gasteiger partial charge in [-0.15, -0.1) is 0 Å². The van der Waals surface area contributed by atoms with Crippen LogP contribution in [0.2, 0.25) is 0 Å². The highest BCUT2D eigenvalue weighted by molar-refractivity contribution is 5.87. The Labute approximate surface area is 94.7 Å². The summed E-state index contributed by atoms with van der Waals surface area (Å²) in [4.78, 5) is 10.7. The third kappa shape index (κ3) is 2.59. The van der Waals surface area contributed by atoms with Crippen LogP contribution >= 0.6 is 0 Å². The largest absolute Gasteiger partial charge is 0.478 e. The zero-order chi connectivity index (χ0) is 12.3. The summed E-state index contributed by atoms with van der Waals surface area (Å²) in [5.74, 6) is -0.957. The Bertz CT molecular complexity index is 370. The number of carboxylic acids is 1. The van der Waals surface area contributed by atoms with Gasteiger partial charge in [-0.25, -0.2) is 4.79 Å². The van der Waals surface area contributed by atoms with Crippen LogP contribution in [0, 0.1) is 5.41 Å². The molecule has 1 atom stereocenters. The highest BCUT2D eigenvalue weighted by Crippen LogP contribution is 2.30. The molecule has 1 aromatic rings. The number of carboxylic acid groups (broad SMARTS) is 1. The van der Waals surface area contributed by atoms with Gasteiger partial charge in [-0.2, -0.15) is 0 Å². The van der Waals surface area contributed by atoms with E-state index in [0.29, 0.717) is 0 Å². The third-order valence-electron chi connectivity index (χ3n) is 2.77. The molecule has 0 amide bonds. The number of carbonyl (C=O) groups is 1. The van der Waals surface area contributed by atoms with E-state index in [1.807, 2.05) is 13.8 Å². The molecule has 1 aromatic carbocycles. The molecular formula is C12H17NO3. The Balaban J connectivity index is 2.94. The Morgan fingerprint density at radius 3 is 2.25 bits per heavy atom. The molecule has 0 aliphatic rings. The van der Waals surface area contributed by atoms with E-state index in [9.17, 15) is 9.90 Å². The van der Waals surface area contributed by atoms with E-state index in [1.54, 1.807) is 12.1 Å². The van der Waals surface area contributed by atoms with Crippen LogP contribution in [0.5, 0.6) is 0 Å². The topological polar surface area (TPSA) is 83.5 Å². The van der Waals surface area contributed by atoms with Gasteiger partial charge in [0, 0.05) is 18.1 Å². The van der Waals surface area contributed by atoms with Crippen LogP contribution in [0.25, 0.3) is 0 Å². The minimum atomic E-state index is -0.957. The monoisotopic (exact) mass is 223 g/mol. The van der Waals surface area contributed by atoms with Crippen LogP contribution in [0.15, 0.2) is 24.3 Å². The number of benzene rings is 1. The minimum Gasteiger partial charge on any atom is -0.478 e. The number of hydrogen-bond acceptors (Lipinski definition) is 3. The summed E-state index contributed by atoms with van der Waals surface area (Å²) in [6.45, 7) is 3.71. The lowest BCUT2D eigenvalue weighted by Gasteiger charge is -2.29. The molecule has 0 saturated heterocycles. The molecule has 0 spiro atoms. The van der Waals surface area contributed by atoms with Crippen molar-refractivity contribution >= 4 is 5.97 Å². The molecule has 0 aromatic heterocycles. The van der Waals surface area contributed by atoms with E-state index in [0.717, 1.165) is 5.56 Å². The molecule has 0 aliphatic heterocycles. The third-order valence-corrected chi connectivity index (χ3v) is 2.77. The van der Waals surface area contributed by atoms with Gasteiger partial charge in [0.25, 0.3) is 0 Å². The van der Waals surface area contributed by atoms with Crippen molar-refractivity contribution in [3.8, 4) is 0 Å². The first-order valence-electron chi connectivity index (χ1n) is 5.08. The molecule has 0 saturated carbocycles. The van der Waals surface area contributed by atoms with Gasteiger partial charge in [0.1, 0.15) is 0 Å². The van der Waals surface area contributed by atoms with Crippen molar-refractivity contribution in [3.63, 3.8) is 0 Å². The molecule has 4 heteroatoms. The lowest BCUT2D eigenvalue weighted by Crippen LogP contribution is -2.32. The number of aromatic carboxylic acids is 1. The van der Waals surface area contributed by atoms with Crippen molar-refractivity contribution in [2.24, 2.45) is 11.1 Å². The van der Waals surface area contributed by atoms with E-state index >= 15 is 0 Å². The van der Waals surface area contributed by atoms with E-state index < -0.39 is 11.4 Å². The van der Waals surface area contributed by atoms with Gasteiger partial charge >= 0.3 is 5.97 Å². The van der Waals surface area contributed by atoms with Crippen molar-refractivity contribution in [1.82, 2.24) is 0 Å². The Kier molecular flexibility index (Phi) is 3.67. The van der Waals surface area contributed by atoms with Gasteiger partial charge < -0.3 is 15.9 Å². The summed E-state index contributed by atoms with van der Waals surface area (Å²) in [6.07, 6.45) is 0. The molecule has 4 nitrogen and oxygen atoms in total. The first kappa shape index (κ1) is 12.7. The Morgan fingerprint density at radius 1 is 1.38 bits per heavy atom. The Morgan fingerprint density at radius 2 is 1.88 bits per heavy atom. The maximum Gasteiger partial charge on any atom is 0.335 e. The molecule has 0 bridgehead atoms. The highest BCUT2D eigenvalue weighted by Gasteiger charge is 2.26. The van der Waals surface area contributed by atoms with Crippen molar-refractivity contribution in [2.75, 3.05) is 6.61 Å². The van der Waals surface area contributed by atoms with Crippen LogP contribution in [0.3, 0.4) is 0 Å². The summed E-state index contributed by atoms with van der Waals surface area (Å²) >= 11 is 0. The second kappa shape index (κ2) is 4.63. The van der Waals surface area contributed by atoms with Gasteiger partial charge in [-0.1, -0.05) is 26.0 Å². The Hall–Kier alpha value is -1.39. The molecule has 16 heavy (non-hydrogen) atoms. The zero-order valence-electron chi connectivity index (χ0n) is 9.47. The maximum atomic E-state index is 10.7. The molecule has 0 aliphatic carbocycles. The SMILES string of the molecule is CC(C)(CO)[C@@H](N)c1ccc(C(=O)O)cc1. The fourth-order valence-electron chi connectivity index (χ4n) is 1.38. The molecule has 0 unspecified atom stereocenters. The number of nitrogens with two attached hydrogens (primary N) is 1. The average Bonchev–Trinajstić information content (AvgIpc) is 2.28. The fraction of sp³-hybridized carbons (Fsp3) is 0.417. The van der Waals surface area contributed by atoms with E-state index in [1.165, 1.54) is 12.1 Å². The lowest BCUT2D eigenvalue weighted by atomic mass is 9.82. The van der Waals surface area contributed by atoms with E-state index in [-0.39, 0.29) is 18.2 Å². The van der Waals surface area contributed by atoms with Crippen molar-refractivity contribution in [2.45, 2.75) is 19.9 Å². The molecule has 88 valence electrons. The summed E-state index contributed by atoms with van der Waals surface area (Å²) in [5.41, 5.74) is 6.63. The van der Waals surface area contributed by atoms with Gasteiger partial charge in [0.15, 0.2) is 0 Å². The smallest absolute Gasteiger partial charge is 0.335 e. The molecule has 1 rings (SSSR count). The highest BCUT2D eigenvalue weighted by atomic mass is 16.4. The van der Waals surface area contributed by atoms with Crippen LogP contribution in [-0.2, 0) is 0 Å². The number of hydrogen-bond donors (Lipinski definition) is 3. The second-order valence-corrected chi connectivity index (χ2v) is 4.55. The van der Waals surface area contributed by atoms with Crippen molar-refractivity contribution in [1.29, 1.82) is 0 Å². The first-order chi connectivity index (χ1) is 7.38. The van der Waals surface area contributed by atoms with E-state index in [2.05, 4.69) is 0 Å². The quantitative estimate of drug-likeness (QED) is 0.720. The van der Waals surface area contributed by atoms with Crippen LogP contribution in [0.1, 0.15) is 35.8 Å². The van der Waals surface area contributed by atoms with Crippen LogP contribution in [-0.4, -0.2) is 22.8 Å². The molecule has 0 heterocycles. The zero-order valence-corrected chi connectivity index (χ0v) is 9.47. The van der Waals surface area contributed by atoms with Crippen LogP contribution in [0.4, 0.5) is 0 Å². The lowest BCUT2D eigenvalue weighted by molar-refractivity contribution is 0.0697. The number of rotatable bonds is 4. The second-order valence-electron chi connectivity index (χ2n) is 4.55. The molecular weight excluding hydrogens is 206 g/mol. The standard InChI is InChI=1S/C12H17NO3/c1-12(2,7-14)10(13)8-3-5-9(6-4-8)11(15)16/h3-6,10,14H,7,13H2,1-2H3,(H,15,16)/t10-/m0/s1. The normalized spacial score (nSPS) is 13.5. The summed E-state index contributed by atoms with van der Waals surface area (Å²) < 4.78 is 0. The molecule has 4 N–H and O–H groups in total. The number of aliphatic hydroxyl groups is 1.